The Morgan fingerprint density at radius 1 is 1.08 bits per heavy atom. The quantitative estimate of drug-likeness (QED) is 0.868. The summed E-state index contributed by atoms with van der Waals surface area (Å²) < 4.78 is 14.0. The molecule has 1 aliphatic carbocycles. The number of anilines is 1. The summed E-state index contributed by atoms with van der Waals surface area (Å²) in [5, 5.41) is 12.1. The fraction of sp³-hybridized carbons (Fsp3) is 0.300. The molecule has 0 aliphatic heterocycles. The maximum Gasteiger partial charge on any atom is 0.313 e. The van der Waals surface area contributed by atoms with Crippen LogP contribution >= 0.6 is 0 Å². The van der Waals surface area contributed by atoms with E-state index in [0.29, 0.717) is 29.7 Å². The first-order chi connectivity index (χ1) is 11.8. The normalized spacial score (nSPS) is 15.5. The van der Waals surface area contributed by atoms with Crippen LogP contribution in [0.1, 0.15) is 37.8 Å². The Morgan fingerprint density at radius 2 is 1.68 bits per heavy atom. The minimum Gasteiger partial charge on any atom is -0.481 e. The highest BCUT2D eigenvalue weighted by Crippen LogP contribution is 2.49. The van der Waals surface area contributed by atoms with Gasteiger partial charge in [-0.1, -0.05) is 30.3 Å². The van der Waals surface area contributed by atoms with Crippen LogP contribution in [-0.2, 0) is 20.4 Å². The molecule has 2 aromatic carbocycles. The SMILES string of the molecule is CC(C)(C(=O)O)c1ccc(NC(=O)C2(c3ccccc3F)CC2)cc1. The van der Waals surface area contributed by atoms with E-state index in [2.05, 4.69) is 5.32 Å². The van der Waals surface area contributed by atoms with E-state index >= 15 is 0 Å². The highest BCUT2D eigenvalue weighted by Gasteiger charge is 2.52. The zero-order valence-corrected chi connectivity index (χ0v) is 14.2. The van der Waals surface area contributed by atoms with Gasteiger partial charge in [-0.15, -0.1) is 0 Å². The number of nitrogens with one attached hydrogen (secondary N) is 1. The number of hydrogen-bond donors (Lipinski definition) is 2. The molecule has 130 valence electrons. The van der Waals surface area contributed by atoms with Gasteiger partial charge in [0.2, 0.25) is 5.91 Å². The number of hydrogen-bond acceptors (Lipinski definition) is 2. The fourth-order valence-electron chi connectivity index (χ4n) is 2.94. The van der Waals surface area contributed by atoms with Crippen molar-refractivity contribution in [2.45, 2.75) is 37.5 Å². The molecule has 5 heteroatoms. The predicted molar refractivity (Wildman–Crippen MR) is 93.0 cm³/mol. The molecule has 0 atom stereocenters. The molecule has 1 saturated carbocycles. The molecule has 0 bridgehead atoms. The van der Waals surface area contributed by atoms with Crippen molar-refractivity contribution >= 4 is 17.6 Å². The Kier molecular flexibility index (Phi) is 4.11. The number of carbonyl (C=O) groups is 2. The average molecular weight is 341 g/mol. The summed E-state index contributed by atoms with van der Waals surface area (Å²) in [5.74, 6) is -1.52. The minimum absolute atomic E-state index is 0.233. The van der Waals surface area contributed by atoms with Crippen LogP contribution in [0.15, 0.2) is 48.5 Å². The molecule has 0 spiro atoms. The van der Waals surface area contributed by atoms with Gasteiger partial charge in [0, 0.05) is 11.3 Å². The molecular formula is C20H20FNO3. The van der Waals surface area contributed by atoms with Gasteiger partial charge in [-0.25, -0.2) is 4.39 Å². The zero-order valence-electron chi connectivity index (χ0n) is 14.2. The maximum absolute atomic E-state index is 14.0. The van der Waals surface area contributed by atoms with Crippen molar-refractivity contribution in [3.05, 3.63) is 65.5 Å². The first kappa shape index (κ1) is 17.1. The number of aliphatic carboxylic acids is 1. The van der Waals surface area contributed by atoms with E-state index in [4.69, 9.17) is 0 Å². The number of rotatable bonds is 5. The summed E-state index contributed by atoms with van der Waals surface area (Å²) in [5.41, 5.74) is -0.167. The molecule has 0 aromatic heterocycles. The van der Waals surface area contributed by atoms with Crippen molar-refractivity contribution in [2.24, 2.45) is 0 Å². The van der Waals surface area contributed by atoms with Gasteiger partial charge < -0.3 is 10.4 Å². The molecule has 2 aromatic rings. The number of carboxylic acid groups (broad SMARTS) is 1. The third-order valence-electron chi connectivity index (χ3n) is 4.97. The maximum atomic E-state index is 14.0. The molecule has 1 aliphatic rings. The Hall–Kier alpha value is -2.69. The smallest absolute Gasteiger partial charge is 0.313 e. The molecule has 0 unspecified atom stereocenters. The van der Waals surface area contributed by atoms with Crippen molar-refractivity contribution in [3.8, 4) is 0 Å². The summed E-state index contributed by atoms with van der Waals surface area (Å²) >= 11 is 0. The summed E-state index contributed by atoms with van der Waals surface area (Å²) in [6.07, 6.45) is 1.23. The van der Waals surface area contributed by atoms with Crippen LogP contribution in [-0.4, -0.2) is 17.0 Å². The van der Waals surface area contributed by atoms with Crippen molar-refractivity contribution < 1.29 is 19.1 Å². The molecule has 1 fully saturated rings. The van der Waals surface area contributed by atoms with E-state index in [-0.39, 0.29) is 11.7 Å². The van der Waals surface area contributed by atoms with Gasteiger partial charge in [0.15, 0.2) is 0 Å². The van der Waals surface area contributed by atoms with E-state index in [9.17, 15) is 19.1 Å². The Morgan fingerprint density at radius 3 is 2.20 bits per heavy atom. The summed E-state index contributed by atoms with van der Waals surface area (Å²) in [6, 6.07) is 13.1. The topological polar surface area (TPSA) is 66.4 Å². The molecule has 3 rings (SSSR count). The second kappa shape index (κ2) is 5.99. The Bertz CT molecular complexity index is 823. The molecular weight excluding hydrogens is 321 g/mol. The van der Waals surface area contributed by atoms with Crippen molar-refractivity contribution in [1.82, 2.24) is 0 Å². The lowest BCUT2D eigenvalue weighted by Crippen LogP contribution is -2.29. The van der Waals surface area contributed by atoms with Gasteiger partial charge in [0.1, 0.15) is 5.82 Å². The van der Waals surface area contributed by atoms with Gasteiger partial charge in [0.05, 0.1) is 10.8 Å². The Balaban J connectivity index is 1.78. The summed E-state index contributed by atoms with van der Waals surface area (Å²) in [4.78, 5) is 24.0. The van der Waals surface area contributed by atoms with Gasteiger partial charge in [-0.05, 0) is 50.5 Å². The predicted octanol–water partition coefficient (Wildman–Crippen LogP) is 3.86. The largest absolute Gasteiger partial charge is 0.481 e. The van der Waals surface area contributed by atoms with Crippen molar-refractivity contribution in [2.75, 3.05) is 5.32 Å². The molecule has 2 N–H and O–H groups in total. The number of benzene rings is 2. The van der Waals surface area contributed by atoms with Crippen LogP contribution in [0.2, 0.25) is 0 Å². The van der Waals surface area contributed by atoms with Gasteiger partial charge in [-0.3, -0.25) is 9.59 Å². The van der Waals surface area contributed by atoms with Crippen LogP contribution in [0, 0.1) is 5.82 Å². The number of amides is 1. The lowest BCUT2D eigenvalue weighted by atomic mass is 9.85. The van der Waals surface area contributed by atoms with E-state index in [1.807, 2.05) is 0 Å². The van der Waals surface area contributed by atoms with Crippen LogP contribution in [0.3, 0.4) is 0 Å². The molecule has 25 heavy (non-hydrogen) atoms. The standard InChI is InChI=1S/C20H20FNO3/c1-19(2,18(24)25)13-7-9-14(10-8-13)22-17(23)20(11-12-20)15-5-3-4-6-16(15)21/h3-10H,11-12H2,1-2H3,(H,22,23)(H,24,25). The zero-order chi connectivity index (χ0) is 18.2. The lowest BCUT2D eigenvalue weighted by Gasteiger charge is -2.20. The molecule has 0 heterocycles. The monoisotopic (exact) mass is 341 g/mol. The second-order valence-corrected chi connectivity index (χ2v) is 7.02. The van der Waals surface area contributed by atoms with Crippen LogP contribution in [0.5, 0.6) is 0 Å². The van der Waals surface area contributed by atoms with Crippen LogP contribution in [0.25, 0.3) is 0 Å². The van der Waals surface area contributed by atoms with Crippen molar-refractivity contribution in [3.63, 3.8) is 0 Å². The van der Waals surface area contributed by atoms with E-state index in [0.717, 1.165) is 0 Å². The van der Waals surface area contributed by atoms with Crippen LogP contribution in [0.4, 0.5) is 10.1 Å². The number of halogens is 1. The fourth-order valence-corrected chi connectivity index (χ4v) is 2.94. The van der Waals surface area contributed by atoms with E-state index in [1.54, 1.807) is 56.3 Å². The van der Waals surface area contributed by atoms with E-state index < -0.39 is 16.8 Å². The average Bonchev–Trinajstić information content (AvgIpc) is 3.37. The first-order valence-electron chi connectivity index (χ1n) is 8.18. The third-order valence-corrected chi connectivity index (χ3v) is 4.97. The van der Waals surface area contributed by atoms with Gasteiger partial charge >= 0.3 is 5.97 Å². The molecule has 0 saturated heterocycles. The highest BCUT2D eigenvalue weighted by atomic mass is 19.1. The first-order valence-corrected chi connectivity index (χ1v) is 8.18. The van der Waals surface area contributed by atoms with Gasteiger partial charge in [-0.2, -0.15) is 0 Å². The van der Waals surface area contributed by atoms with Crippen molar-refractivity contribution in [1.29, 1.82) is 0 Å². The second-order valence-electron chi connectivity index (χ2n) is 7.02. The third kappa shape index (κ3) is 3.02. The Labute approximate surface area is 145 Å². The summed E-state index contributed by atoms with van der Waals surface area (Å²) in [7, 11) is 0. The molecule has 0 radical (unpaired) electrons. The number of carboxylic acids is 1. The van der Waals surface area contributed by atoms with Gasteiger partial charge in [0.25, 0.3) is 0 Å². The summed E-state index contributed by atoms with van der Waals surface area (Å²) in [6.45, 7) is 3.25. The minimum atomic E-state index is -1.01. The van der Waals surface area contributed by atoms with Crippen LogP contribution < -0.4 is 5.32 Å². The highest BCUT2D eigenvalue weighted by molar-refractivity contribution is 6.01. The van der Waals surface area contributed by atoms with E-state index in [1.165, 1.54) is 6.07 Å². The molecule has 1 amide bonds. The molecule has 4 nitrogen and oxygen atoms in total. The lowest BCUT2D eigenvalue weighted by molar-refractivity contribution is -0.142. The number of carbonyl (C=O) groups excluding carboxylic acids is 1.